The van der Waals surface area contributed by atoms with Crippen LogP contribution in [0.2, 0.25) is 0 Å². The van der Waals surface area contributed by atoms with Crippen molar-refractivity contribution in [1.29, 1.82) is 0 Å². The molecule has 0 saturated heterocycles. The molecule has 0 spiro atoms. The fourth-order valence-electron chi connectivity index (χ4n) is 3.28. The lowest BCUT2D eigenvalue weighted by Crippen LogP contribution is -2.75. The molecular formula is C18H30ClN3O4S. The van der Waals surface area contributed by atoms with E-state index in [4.69, 9.17) is 10.5 Å². The Bertz CT molecular complexity index is 767. The van der Waals surface area contributed by atoms with Crippen LogP contribution in [-0.4, -0.2) is 39.6 Å². The Kier molecular flexibility index (Phi) is 7.46. The van der Waals surface area contributed by atoms with Gasteiger partial charge in [-0.1, -0.05) is 26.0 Å². The van der Waals surface area contributed by atoms with Crippen molar-refractivity contribution < 1.29 is 17.9 Å². The molecular weight excluding hydrogens is 390 g/mol. The predicted molar refractivity (Wildman–Crippen MR) is 107 cm³/mol. The monoisotopic (exact) mass is 419 g/mol. The van der Waals surface area contributed by atoms with E-state index < -0.39 is 21.0 Å². The number of ether oxygens (including phenoxy) is 1. The summed E-state index contributed by atoms with van der Waals surface area (Å²) >= 11 is 0. The minimum absolute atomic E-state index is 0. The van der Waals surface area contributed by atoms with Crippen molar-refractivity contribution in [2.45, 2.75) is 56.7 Å². The van der Waals surface area contributed by atoms with Crippen LogP contribution >= 0.6 is 12.4 Å². The van der Waals surface area contributed by atoms with E-state index in [1.54, 1.807) is 12.1 Å². The van der Waals surface area contributed by atoms with Gasteiger partial charge in [0, 0.05) is 18.4 Å². The molecule has 27 heavy (non-hydrogen) atoms. The van der Waals surface area contributed by atoms with Gasteiger partial charge >= 0.3 is 0 Å². The third-order valence-corrected chi connectivity index (χ3v) is 6.97. The van der Waals surface area contributed by atoms with Gasteiger partial charge in [-0.2, -0.15) is 0 Å². The smallest absolute Gasteiger partial charge is 0.241 e. The Labute approximate surface area is 167 Å². The van der Waals surface area contributed by atoms with E-state index in [2.05, 4.69) is 10.0 Å². The number of nitrogens with one attached hydrogen (secondary N) is 2. The molecule has 3 unspecified atom stereocenters. The van der Waals surface area contributed by atoms with Crippen LogP contribution in [0, 0.1) is 5.41 Å². The lowest BCUT2D eigenvalue weighted by atomic mass is 9.54. The summed E-state index contributed by atoms with van der Waals surface area (Å²) in [4.78, 5) is 12.9. The number of rotatable bonds is 7. The zero-order chi connectivity index (χ0) is 19.8. The molecule has 1 saturated carbocycles. The Morgan fingerprint density at radius 2 is 1.89 bits per heavy atom. The molecule has 1 amide bonds. The largest absolute Gasteiger partial charge is 0.378 e. The number of sulfonamides is 1. The molecule has 0 aliphatic heterocycles. The number of halogens is 1. The van der Waals surface area contributed by atoms with Crippen LogP contribution in [0.4, 0.5) is 0 Å². The third kappa shape index (κ3) is 4.30. The quantitative estimate of drug-likeness (QED) is 0.623. The summed E-state index contributed by atoms with van der Waals surface area (Å²) in [6.45, 7) is 8.24. The first-order chi connectivity index (χ1) is 12.0. The summed E-state index contributed by atoms with van der Waals surface area (Å²) in [7, 11) is -2.12. The average molecular weight is 420 g/mol. The number of benzene rings is 1. The molecule has 4 N–H and O–H groups in total. The highest BCUT2D eigenvalue weighted by molar-refractivity contribution is 7.89. The summed E-state index contributed by atoms with van der Waals surface area (Å²) in [5, 5.41) is 2.94. The molecule has 1 aliphatic carbocycles. The molecule has 3 atom stereocenters. The van der Waals surface area contributed by atoms with E-state index in [0.29, 0.717) is 13.0 Å². The summed E-state index contributed by atoms with van der Waals surface area (Å²) < 4.78 is 31.5. The average Bonchev–Trinajstić information content (AvgIpc) is 2.61. The molecule has 0 aromatic heterocycles. The molecule has 154 valence electrons. The van der Waals surface area contributed by atoms with Crippen molar-refractivity contribution >= 4 is 28.3 Å². The van der Waals surface area contributed by atoms with Gasteiger partial charge in [0.25, 0.3) is 0 Å². The summed E-state index contributed by atoms with van der Waals surface area (Å²) in [6.07, 6.45) is 0.441. The second-order valence-electron chi connectivity index (χ2n) is 7.31. The highest BCUT2D eigenvalue weighted by Crippen LogP contribution is 2.50. The van der Waals surface area contributed by atoms with Crippen molar-refractivity contribution in [1.82, 2.24) is 10.0 Å². The summed E-state index contributed by atoms with van der Waals surface area (Å²) in [6, 6.07) is 6.11. The molecule has 2 rings (SSSR count). The van der Waals surface area contributed by atoms with E-state index in [0.717, 1.165) is 5.56 Å². The van der Waals surface area contributed by atoms with Crippen LogP contribution in [0.1, 0.15) is 45.7 Å². The second kappa shape index (κ2) is 8.45. The number of nitrogens with two attached hydrogens (primary N) is 1. The third-order valence-electron chi connectivity index (χ3n) is 5.54. The minimum atomic E-state index is -3.48. The zero-order valence-electron chi connectivity index (χ0n) is 16.4. The fourth-order valence-corrected chi connectivity index (χ4v) is 4.01. The maximum absolute atomic E-state index is 12.8. The zero-order valence-corrected chi connectivity index (χ0v) is 18.0. The molecule has 0 bridgehead atoms. The van der Waals surface area contributed by atoms with Crippen molar-refractivity contribution in [3.63, 3.8) is 0 Å². The predicted octanol–water partition coefficient (Wildman–Crippen LogP) is 1.73. The first-order valence-electron chi connectivity index (χ1n) is 8.74. The molecule has 1 aromatic carbocycles. The van der Waals surface area contributed by atoms with Crippen molar-refractivity contribution in [2.75, 3.05) is 13.7 Å². The fraction of sp³-hybridized carbons (Fsp3) is 0.611. The van der Waals surface area contributed by atoms with E-state index in [1.807, 2.05) is 27.7 Å². The van der Waals surface area contributed by atoms with Crippen LogP contribution in [0.15, 0.2) is 29.2 Å². The molecule has 7 nitrogen and oxygen atoms in total. The van der Waals surface area contributed by atoms with Crippen molar-refractivity contribution in [3.05, 3.63) is 29.8 Å². The van der Waals surface area contributed by atoms with Crippen LogP contribution in [0.5, 0.6) is 0 Å². The molecule has 9 heteroatoms. The first-order valence-corrected chi connectivity index (χ1v) is 10.2. The van der Waals surface area contributed by atoms with Crippen LogP contribution in [-0.2, 0) is 19.6 Å². The van der Waals surface area contributed by atoms with Crippen molar-refractivity contribution in [2.24, 2.45) is 11.1 Å². The number of carbonyl (C=O) groups is 1. The van der Waals surface area contributed by atoms with Gasteiger partial charge in [0.15, 0.2) is 0 Å². The van der Waals surface area contributed by atoms with Crippen LogP contribution in [0.25, 0.3) is 0 Å². The first kappa shape index (κ1) is 23.8. The van der Waals surface area contributed by atoms with Crippen LogP contribution < -0.4 is 15.8 Å². The number of amides is 1. The van der Waals surface area contributed by atoms with Crippen molar-refractivity contribution in [3.8, 4) is 0 Å². The molecule has 0 radical (unpaired) electrons. The van der Waals surface area contributed by atoms with Crippen LogP contribution in [0.3, 0.4) is 0 Å². The van der Waals surface area contributed by atoms with E-state index in [1.165, 1.54) is 19.2 Å². The molecule has 1 fully saturated rings. The molecule has 0 heterocycles. The number of carbonyl (C=O) groups excluding carboxylic acids is 1. The second-order valence-corrected chi connectivity index (χ2v) is 9.20. The SMILES string of the molecule is CCOC1CC(N)(C(=O)NC(C)c2ccc(S(=O)(=O)NC)cc2)C1(C)C.Cl. The summed E-state index contributed by atoms with van der Waals surface area (Å²) in [5.74, 6) is -0.224. The maximum Gasteiger partial charge on any atom is 0.241 e. The highest BCUT2D eigenvalue weighted by Gasteiger charge is 2.62. The van der Waals surface area contributed by atoms with Gasteiger partial charge in [0.05, 0.1) is 17.0 Å². The van der Waals surface area contributed by atoms with Gasteiger partial charge in [0.2, 0.25) is 15.9 Å². The van der Waals surface area contributed by atoms with Gasteiger partial charge in [-0.3, -0.25) is 4.79 Å². The van der Waals surface area contributed by atoms with Gasteiger partial charge in [-0.15, -0.1) is 12.4 Å². The lowest BCUT2D eigenvalue weighted by molar-refractivity contribution is -0.171. The van der Waals surface area contributed by atoms with Gasteiger partial charge in [-0.25, -0.2) is 13.1 Å². The Hall–Kier alpha value is -1.19. The van der Waals surface area contributed by atoms with Gasteiger partial charge < -0.3 is 15.8 Å². The van der Waals surface area contributed by atoms with E-state index >= 15 is 0 Å². The summed E-state index contributed by atoms with van der Waals surface area (Å²) in [5.41, 5.74) is 5.74. The van der Waals surface area contributed by atoms with Gasteiger partial charge in [0.1, 0.15) is 5.54 Å². The minimum Gasteiger partial charge on any atom is -0.378 e. The molecule has 1 aromatic rings. The lowest BCUT2D eigenvalue weighted by Gasteiger charge is -2.57. The Morgan fingerprint density at radius 3 is 2.33 bits per heavy atom. The maximum atomic E-state index is 12.8. The van der Waals surface area contributed by atoms with E-state index in [9.17, 15) is 13.2 Å². The highest BCUT2D eigenvalue weighted by atomic mass is 35.5. The standard InChI is InChI=1S/C18H29N3O4S.ClH/c1-6-25-15-11-18(19,17(15,3)4)16(22)21-12(2)13-7-9-14(10-8-13)26(23,24)20-5;/h7-10,12,15,20H,6,11,19H2,1-5H3,(H,21,22);1H. The Balaban J connectivity index is 0.00000364. The van der Waals surface area contributed by atoms with E-state index in [-0.39, 0.29) is 35.4 Å². The molecule has 1 aliphatic rings. The number of hydrogen-bond donors (Lipinski definition) is 3. The van der Waals surface area contributed by atoms with Gasteiger partial charge in [-0.05, 0) is 38.6 Å². The normalized spacial score (nSPS) is 25.0. The number of hydrogen-bond acceptors (Lipinski definition) is 5. The Morgan fingerprint density at radius 1 is 1.33 bits per heavy atom. The topological polar surface area (TPSA) is 111 Å².